The van der Waals surface area contributed by atoms with Crippen molar-refractivity contribution >= 4 is 17.4 Å². The standard InChI is InChI=1S/C14H14ClFN2/c1-18(10-11-4-2-5-12(16)8-11)14-7-3-6-13(9-15)17-14/h2-8H,9-10H2,1H3. The Kier molecular flexibility index (Phi) is 4.15. The molecule has 1 aromatic heterocycles. The summed E-state index contributed by atoms with van der Waals surface area (Å²) in [7, 11) is 1.92. The molecule has 0 atom stereocenters. The Morgan fingerprint density at radius 2 is 2.00 bits per heavy atom. The van der Waals surface area contributed by atoms with Gasteiger partial charge in [-0.25, -0.2) is 9.37 Å². The van der Waals surface area contributed by atoms with Crippen molar-refractivity contribution < 1.29 is 4.39 Å². The number of hydrogen-bond acceptors (Lipinski definition) is 2. The number of hydrogen-bond donors (Lipinski definition) is 0. The van der Waals surface area contributed by atoms with E-state index in [2.05, 4.69) is 4.98 Å². The lowest BCUT2D eigenvalue weighted by Crippen LogP contribution is -2.18. The van der Waals surface area contributed by atoms with E-state index in [-0.39, 0.29) is 5.82 Å². The normalized spacial score (nSPS) is 10.4. The van der Waals surface area contributed by atoms with Gasteiger partial charge >= 0.3 is 0 Å². The van der Waals surface area contributed by atoms with Gasteiger partial charge in [0, 0.05) is 13.6 Å². The van der Waals surface area contributed by atoms with Crippen LogP contribution in [0.2, 0.25) is 0 Å². The maximum Gasteiger partial charge on any atom is 0.128 e. The summed E-state index contributed by atoms with van der Waals surface area (Å²) >= 11 is 5.75. The van der Waals surface area contributed by atoms with Gasteiger partial charge in [-0.3, -0.25) is 0 Å². The molecule has 0 aliphatic rings. The molecule has 94 valence electrons. The zero-order valence-corrected chi connectivity index (χ0v) is 10.9. The van der Waals surface area contributed by atoms with Crippen molar-refractivity contribution in [2.75, 3.05) is 11.9 Å². The minimum absolute atomic E-state index is 0.219. The number of anilines is 1. The molecule has 2 nitrogen and oxygen atoms in total. The Labute approximate surface area is 111 Å². The number of benzene rings is 1. The molecule has 0 aliphatic heterocycles. The lowest BCUT2D eigenvalue weighted by Gasteiger charge is -2.18. The number of rotatable bonds is 4. The van der Waals surface area contributed by atoms with Crippen LogP contribution in [0.4, 0.5) is 10.2 Å². The zero-order valence-electron chi connectivity index (χ0n) is 10.1. The Morgan fingerprint density at radius 1 is 1.22 bits per heavy atom. The van der Waals surface area contributed by atoms with Gasteiger partial charge in [0.1, 0.15) is 11.6 Å². The quantitative estimate of drug-likeness (QED) is 0.785. The molecule has 0 saturated heterocycles. The summed E-state index contributed by atoms with van der Waals surface area (Å²) in [4.78, 5) is 6.37. The topological polar surface area (TPSA) is 16.1 Å². The number of alkyl halides is 1. The van der Waals surface area contributed by atoms with Crippen LogP contribution >= 0.6 is 11.6 Å². The molecule has 0 radical (unpaired) electrons. The van der Waals surface area contributed by atoms with Gasteiger partial charge in [0.15, 0.2) is 0 Å². The molecule has 0 N–H and O–H groups in total. The molecule has 0 unspecified atom stereocenters. The highest BCUT2D eigenvalue weighted by atomic mass is 35.5. The predicted molar refractivity (Wildman–Crippen MR) is 72.3 cm³/mol. The average molecular weight is 265 g/mol. The third-order valence-electron chi connectivity index (χ3n) is 2.63. The van der Waals surface area contributed by atoms with Crippen LogP contribution in [-0.4, -0.2) is 12.0 Å². The SMILES string of the molecule is CN(Cc1cccc(F)c1)c1cccc(CCl)n1. The van der Waals surface area contributed by atoms with Gasteiger partial charge in [-0.15, -0.1) is 11.6 Å². The lowest BCUT2D eigenvalue weighted by atomic mass is 10.2. The first kappa shape index (κ1) is 12.8. The monoisotopic (exact) mass is 264 g/mol. The van der Waals surface area contributed by atoms with Gasteiger partial charge in [0.25, 0.3) is 0 Å². The molecule has 0 aliphatic carbocycles. The summed E-state index contributed by atoms with van der Waals surface area (Å²) in [6.07, 6.45) is 0. The van der Waals surface area contributed by atoms with Gasteiger partial charge in [0.2, 0.25) is 0 Å². The van der Waals surface area contributed by atoms with Crippen LogP contribution in [0.15, 0.2) is 42.5 Å². The highest BCUT2D eigenvalue weighted by Crippen LogP contribution is 2.14. The summed E-state index contributed by atoms with van der Waals surface area (Å²) in [6, 6.07) is 12.3. The van der Waals surface area contributed by atoms with E-state index in [1.807, 2.05) is 36.2 Å². The largest absolute Gasteiger partial charge is 0.355 e. The highest BCUT2D eigenvalue weighted by Gasteiger charge is 2.05. The second-order valence-corrected chi connectivity index (χ2v) is 4.37. The van der Waals surface area contributed by atoms with Gasteiger partial charge in [-0.2, -0.15) is 0 Å². The third-order valence-corrected chi connectivity index (χ3v) is 2.90. The highest BCUT2D eigenvalue weighted by molar-refractivity contribution is 6.16. The first-order valence-corrected chi connectivity index (χ1v) is 6.20. The van der Waals surface area contributed by atoms with Crippen LogP contribution in [-0.2, 0) is 12.4 Å². The molecule has 0 fully saturated rings. The molecule has 2 rings (SSSR count). The Bertz CT molecular complexity index is 531. The fourth-order valence-electron chi connectivity index (χ4n) is 1.74. The number of pyridine rings is 1. The van der Waals surface area contributed by atoms with E-state index in [9.17, 15) is 4.39 Å². The van der Waals surface area contributed by atoms with Crippen LogP contribution in [0.5, 0.6) is 0 Å². The Morgan fingerprint density at radius 3 is 2.72 bits per heavy atom. The van der Waals surface area contributed by atoms with Gasteiger partial charge < -0.3 is 4.90 Å². The summed E-state index contributed by atoms with van der Waals surface area (Å²) in [5.74, 6) is 1.00. The molecule has 18 heavy (non-hydrogen) atoms. The predicted octanol–water partition coefficient (Wildman–Crippen LogP) is 3.60. The Hall–Kier alpha value is -1.61. The minimum atomic E-state index is -0.219. The molecule has 0 amide bonds. The van der Waals surface area contributed by atoms with E-state index in [1.54, 1.807) is 6.07 Å². The van der Waals surface area contributed by atoms with Crippen LogP contribution in [0, 0.1) is 5.82 Å². The van der Waals surface area contributed by atoms with Crippen LogP contribution < -0.4 is 4.90 Å². The fourth-order valence-corrected chi connectivity index (χ4v) is 1.89. The molecule has 4 heteroatoms. The van der Waals surface area contributed by atoms with Crippen molar-refractivity contribution in [2.24, 2.45) is 0 Å². The second kappa shape index (κ2) is 5.83. The van der Waals surface area contributed by atoms with Crippen LogP contribution in [0.3, 0.4) is 0 Å². The minimum Gasteiger partial charge on any atom is -0.355 e. The van der Waals surface area contributed by atoms with Gasteiger partial charge in [-0.1, -0.05) is 18.2 Å². The first-order valence-electron chi connectivity index (χ1n) is 5.66. The summed E-state index contributed by atoms with van der Waals surface area (Å²) < 4.78 is 13.1. The van der Waals surface area contributed by atoms with Crippen LogP contribution in [0.1, 0.15) is 11.3 Å². The lowest BCUT2D eigenvalue weighted by molar-refractivity contribution is 0.625. The summed E-state index contributed by atoms with van der Waals surface area (Å²) in [5, 5.41) is 0. The van der Waals surface area contributed by atoms with Crippen molar-refractivity contribution in [2.45, 2.75) is 12.4 Å². The molecule has 0 spiro atoms. The third kappa shape index (κ3) is 3.20. The number of halogens is 2. The molecule has 1 heterocycles. The second-order valence-electron chi connectivity index (χ2n) is 4.11. The molecular weight excluding hydrogens is 251 g/mol. The van der Waals surface area contributed by atoms with Crippen molar-refractivity contribution in [3.05, 3.63) is 59.5 Å². The van der Waals surface area contributed by atoms with Gasteiger partial charge in [-0.05, 0) is 29.8 Å². The number of aromatic nitrogens is 1. The molecule has 2 aromatic rings. The van der Waals surface area contributed by atoms with E-state index in [0.29, 0.717) is 12.4 Å². The molecule has 0 bridgehead atoms. The van der Waals surface area contributed by atoms with E-state index < -0.39 is 0 Å². The summed E-state index contributed by atoms with van der Waals surface area (Å²) in [6.45, 7) is 0.608. The molecule has 0 saturated carbocycles. The van der Waals surface area contributed by atoms with Crippen molar-refractivity contribution in [3.63, 3.8) is 0 Å². The summed E-state index contributed by atoms with van der Waals surface area (Å²) in [5.41, 5.74) is 1.75. The van der Waals surface area contributed by atoms with E-state index >= 15 is 0 Å². The van der Waals surface area contributed by atoms with E-state index in [1.165, 1.54) is 12.1 Å². The fraction of sp³-hybridized carbons (Fsp3) is 0.214. The maximum absolute atomic E-state index is 13.1. The number of nitrogens with zero attached hydrogens (tertiary/aromatic N) is 2. The van der Waals surface area contributed by atoms with Crippen molar-refractivity contribution in [3.8, 4) is 0 Å². The van der Waals surface area contributed by atoms with Crippen molar-refractivity contribution in [1.82, 2.24) is 4.98 Å². The smallest absolute Gasteiger partial charge is 0.128 e. The maximum atomic E-state index is 13.1. The molecular formula is C14H14ClFN2. The van der Waals surface area contributed by atoms with Gasteiger partial charge in [0.05, 0.1) is 11.6 Å². The molecule has 1 aromatic carbocycles. The van der Waals surface area contributed by atoms with Crippen LogP contribution in [0.25, 0.3) is 0 Å². The van der Waals surface area contributed by atoms with Crippen molar-refractivity contribution in [1.29, 1.82) is 0 Å². The Balaban J connectivity index is 2.13. The first-order chi connectivity index (χ1) is 8.69. The van der Waals surface area contributed by atoms with E-state index in [4.69, 9.17) is 11.6 Å². The average Bonchev–Trinajstić information content (AvgIpc) is 2.39. The van der Waals surface area contributed by atoms with E-state index in [0.717, 1.165) is 17.1 Å². The zero-order chi connectivity index (χ0) is 13.0.